The number of anilines is 2. The van der Waals surface area contributed by atoms with Gasteiger partial charge in [0.15, 0.2) is 0 Å². The largest absolute Gasteiger partial charge is 0.744 e. The highest BCUT2D eigenvalue weighted by atomic mass is 32.2. The molecule has 0 aromatic heterocycles. The Morgan fingerprint density at radius 1 is 0.618 bits per heavy atom. The molecule has 192 valence electrons. The first-order valence-electron chi connectivity index (χ1n) is 9.95. The van der Waals surface area contributed by atoms with Crippen LogP contribution in [-0.4, -0.2) is 91.3 Å². The molecule has 0 unspecified atom stereocenters. The molecule has 2 aromatic rings. The first kappa shape index (κ1) is 31.5. The van der Waals surface area contributed by atoms with Gasteiger partial charge in [0, 0.05) is 11.4 Å². The van der Waals surface area contributed by atoms with Gasteiger partial charge in [-0.1, -0.05) is 24.3 Å². The van der Waals surface area contributed by atoms with Gasteiger partial charge >= 0.3 is 0 Å². The van der Waals surface area contributed by atoms with Crippen LogP contribution in [0.4, 0.5) is 11.4 Å². The van der Waals surface area contributed by atoms with Crippen LogP contribution in [0.3, 0.4) is 0 Å². The Hall–Kier alpha value is -2.48. The molecule has 0 aliphatic heterocycles. The van der Waals surface area contributed by atoms with Crippen LogP contribution in [0.1, 0.15) is 11.1 Å². The number of quaternary nitrogens is 2. The Morgan fingerprint density at radius 3 is 1.06 bits per heavy atom. The molecule has 0 amide bonds. The summed E-state index contributed by atoms with van der Waals surface area (Å²) in [4.78, 5) is -1.11. The lowest BCUT2D eigenvalue weighted by molar-refractivity contribution is -0.849. The SMILES string of the molecule is C[N+](C)(C)C.C[N+](C)(C)C.Nc1ccc(/C=C/c2ccc(N)cc2S(=O)(=O)[O-])c(S(=O)(=O)[O-])c1. The minimum absolute atomic E-state index is 0.00488. The Kier molecular flexibility index (Phi) is 10.9. The molecule has 0 saturated carbocycles. The van der Waals surface area contributed by atoms with Gasteiger partial charge in [-0.2, -0.15) is 0 Å². The Bertz CT molecular complexity index is 1100. The maximum absolute atomic E-state index is 11.3. The van der Waals surface area contributed by atoms with Gasteiger partial charge in [-0.3, -0.25) is 0 Å². The van der Waals surface area contributed by atoms with Crippen molar-refractivity contribution in [3.63, 3.8) is 0 Å². The molecule has 0 saturated heterocycles. The fourth-order valence-corrected chi connectivity index (χ4v) is 3.40. The van der Waals surface area contributed by atoms with E-state index in [2.05, 4.69) is 56.4 Å². The van der Waals surface area contributed by atoms with Crippen LogP contribution in [0.15, 0.2) is 46.2 Å². The average Bonchev–Trinajstić information content (AvgIpc) is 2.57. The Labute approximate surface area is 203 Å². The lowest BCUT2D eigenvalue weighted by atomic mass is 10.1. The lowest BCUT2D eigenvalue weighted by Gasteiger charge is -2.14. The zero-order valence-electron chi connectivity index (χ0n) is 20.9. The van der Waals surface area contributed by atoms with Gasteiger partial charge in [-0.05, 0) is 35.4 Å². The quantitative estimate of drug-likeness (QED) is 0.267. The summed E-state index contributed by atoms with van der Waals surface area (Å²) in [6, 6.07) is 7.33. The summed E-state index contributed by atoms with van der Waals surface area (Å²) >= 11 is 0. The smallest absolute Gasteiger partial charge is 0.125 e. The summed E-state index contributed by atoms with van der Waals surface area (Å²) in [5.74, 6) is 0. The van der Waals surface area contributed by atoms with E-state index in [0.717, 1.165) is 21.1 Å². The molecule has 0 aliphatic carbocycles. The molecule has 0 radical (unpaired) electrons. The standard InChI is InChI=1S/C14H14N2O6S2.2C4H12N/c15-11-5-3-9(13(7-11)23(17,18)19)1-2-10-4-6-12(16)8-14(10)24(20,21)22;2*1-5(2,3)4/h1-8H,15-16H2,(H,17,18,19)(H,20,21,22);2*1-4H3/q;2*+1/p-2/b2-1+;;. The van der Waals surface area contributed by atoms with Crippen molar-refractivity contribution in [2.75, 3.05) is 67.8 Å². The molecular weight excluding hydrogens is 480 g/mol. The number of benzene rings is 2. The van der Waals surface area contributed by atoms with Gasteiger partial charge < -0.3 is 29.5 Å². The highest BCUT2D eigenvalue weighted by Crippen LogP contribution is 2.24. The summed E-state index contributed by atoms with van der Waals surface area (Å²) in [6.45, 7) is 0. The third-order valence-electron chi connectivity index (χ3n) is 3.06. The summed E-state index contributed by atoms with van der Waals surface area (Å²) in [5.41, 5.74) is 11.1. The fraction of sp³-hybridized carbons (Fsp3) is 0.364. The summed E-state index contributed by atoms with van der Waals surface area (Å²) in [7, 11) is 7.43. The van der Waals surface area contributed by atoms with E-state index in [1.165, 1.54) is 36.4 Å². The zero-order valence-corrected chi connectivity index (χ0v) is 22.6. The maximum Gasteiger partial charge on any atom is 0.125 e. The molecule has 2 rings (SSSR count). The van der Waals surface area contributed by atoms with Crippen LogP contribution in [0, 0.1) is 0 Å². The molecule has 0 spiro atoms. The normalized spacial score (nSPS) is 12.4. The van der Waals surface area contributed by atoms with E-state index in [0.29, 0.717) is 0 Å². The molecular formula is C22H36N4O6S2. The van der Waals surface area contributed by atoms with E-state index in [1.54, 1.807) is 0 Å². The van der Waals surface area contributed by atoms with E-state index in [4.69, 9.17) is 11.5 Å². The summed E-state index contributed by atoms with van der Waals surface area (Å²) < 4.78 is 69.7. The van der Waals surface area contributed by atoms with Gasteiger partial charge in [0.25, 0.3) is 0 Å². The predicted octanol–water partition coefficient (Wildman–Crippen LogP) is 1.47. The average molecular weight is 517 g/mol. The third-order valence-corrected chi connectivity index (χ3v) is 4.84. The number of rotatable bonds is 4. The highest BCUT2D eigenvalue weighted by Gasteiger charge is 2.10. The molecule has 4 N–H and O–H groups in total. The second-order valence-electron chi connectivity index (χ2n) is 10.2. The number of nitrogens with two attached hydrogens (primary N) is 2. The molecule has 0 aliphatic rings. The van der Waals surface area contributed by atoms with Crippen LogP contribution >= 0.6 is 0 Å². The highest BCUT2D eigenvalue weighted by molar-refractivity contribution is 7.86. The molecule has 2 aromatic carbocycles. The molecule has 34 heavy (non-hydrogen) atoms. The molecule has 0 bridgehead atoms. The minimum atomic E-state index is -4.79. The topological polar surface area (TPSA) is 166 Å². The van der Waals surface area contributed by atoms with Crippen molar-refractivity contribution < 1.29 is 34.9 Å². The van der Waals surface area contributed by atoms with Gasteiger partial charge in [0.05, 0.1) is 66.2 Å². The number of hydrogen-bond acceptors (Lipinski definition) is 8. The van der Waals surface area contributed by atoms with Crippen molar-refractivity contribution in [2.45, 2.75) is 9.79 Å². The molecule has 10 nitrogen and oxygen atoms in total. The van der Waals surface area contributed by atoms with Gasteiger partial charge in [-0.15, -0.1) is 0 Å². The van der Waals surface area contributed by atoms with E-state index >= 15 is 0 Å². The second kappa shape index (κ2) is 11.8. The van der Waals surface area contributed by atoms with Gasteiger partial charge in [0.1, 0.15) is 20.2 Å². The van der Waals surface area contributed by atoms with Crippen LogP contribution in [0.2, 0.25) is 0 Å². The van der Waals surface area contributed by atoms with Crippen molar-refractivity contribution in [1.82, 2.24) is 0 Å². The monoisotopic (exact) mass is 516 g/mol. The Balaban J connectivity index is 0.000000916. The molecule has 0 fully saturated rings. The van der Waals surface area contributed by atoms with E-state index in [1.807, 2.05) is 0 Å². The van der Waals surface area contributed by atoms with Crippen LogP contribution < -0.4 is 11.5 Å². The zero-order chi connectivity index (χ0) is 27.1. The molecule has 12 heteroatoms. The lowest BCUT2D eigenvalue weighted by Crippen LogP contribution is -2.27. The first-order valence-corrected chi connectivity index (χ1v) is 12.8. The predicted molar refractivity (Wildman–Crippen MR) is 134 cm³/mol. The number of nitrogens with zero attached hydrogens (tertiary/aromatic N) is 2. The van der Waals surface area contributed by atoms with Crippen molar-refractivity contribution in [3.8, 4) is 0 Å². The van der Waals surface area contributed by atoms with Crippen molar-refractivity contribution in [3.05, 3.63) is 47.5 Å². The fourth-order valence-electron chi connectivity index (χ4n) is 1.99. The summed E-state index contributed by atoms with van der Waals surface area (Å²) in [6.07, 6.45) is 2.40. The van der Waals surface area contributed by atoms with Crippen LogP contribution in [0.25, 0.3) is 12.2 Å². The van der Waals surface area contributed by atoms with Crippen molar-refractivity contribution >= 4 is 43.8 Å². The van der Waals surface area contributed by atoms with Crippen LogP contribution in [0.5, 0.6) is 0 Å². The minimum Gasteiger partial charge on any atom is -0.744 e. The molecule has 0 atom stereocenters. The second-order valence-corrected chi connectivity index (χ2v) is 12.9. The molecule has 0 heterocycles. The maximum atomic E-state index is 11.3. The number of nitrogen functional groups attached to an aromatic ring is 2. The van der Waals surface area contributed by atoms with E-state index in [-0.39, 0.29) is 22.5 Å². The first-order chi connectivity index (χ1) is 15.0. The van der Waals surface area contributed by atoms with Crippen molar-refractivity contribution in [2.24, 2.45) is 0 Å². The Morgan fingerprint density at radius 2 is 0.853 bits per heavy atom. The van der Waals surface area contributed by atoms with E-state index in [9.17, 15) is 25.9 Å². The third kappa shape index (κ3) is 14.6. The number of hydrogen-bond donors (Lipinski definition) is 2. The van der Waals surface area contributed by atoms with E-state index < -0.39 is 30.0 Å². The van der Waals surface area contributed by atoms with Gasteiger partial charge in [0.2, 0.25) is 0 Å². The van der Waals surface area contributed by atoms with Crippen molar-refractivity contribution in [1.29, 1.82) is 0 Å². The van der Waals surface area contributed by atoms with Crippen LogP contribution in [-0.2, 0) is 20.2 Å². The summed E-state index contributed by atoms with van der Waals surface area (Å²) in [5, 5.41) is 0. The van der Waals surface area contributed by atoms with Gasteiger partial charge in [-0.25, -0.2) is 16.8 Å².